The van der Waals surface area contributed by atoms with E-state index in [2.05, 4.69) is 10.3 Å². The molecule has 0 bridgehead atoms. The van der Waals surface area contributed by atoms with Crippen LogP contribution >= 0.6 is 7.75 Å². The Labute approximate surface area is 139 Å². The number of ether oxygens (including phenoxy) is 1. The smallest absolute Gasteiger partial charge is 0.407 e. The number of hydrogen-bond donors (Lipinski definition) is 4. The van der Waals surface area contributed by atoms with Crippen molar-refractivity contribution < 1.29 is 23.9 Å². The first-order valence-corrected chi connectivity index (χ1v) is 9.19. The Bertz CT molecular complexity index is 800. The molecular weight excluding hydrogens is 333 g/mol. The highest BCUT2D eigenvalue weighted by atomic mass is 31.2. The predicted octanol–water partition coefficient (Wildman–Crippen LogP) is 1.39. The number of rotatable bonds is 6. The van der Waals surface area contributed by atoms with Crippen LogP contribution in [-0.4, -0.2) is 51.8 Å². The van der Waals surface area contributed by atoms with Crippen molar-refractivity contribution >= 4 is 24.7 Å². The maximum Gasteiger partial charge on any atom is 0.407 e. The zero-order chi connectivity index (χ0) is 17.3. The van der Waals surface area contributed by atoms with Crippen molar-refractivity contribution in [3.05, 3.63) is 35.5 Å². The van der Waals surface area contributed by atoms with Gasteiger partial charge in [0.25, 0.3) is 0 Å². The van der Waals surface area contributed by atoms with Gasteiger partial charge in [-0.05, 0) is 43.1 Å². The van der Waals surface area contributed by atoms with E-state index in [1.807, 2.05) is 24.4 Å². The fourth-order valence-electron chi connectivity index (χ4n) is 2.79. The SMILES string of the molecule is CN(CCc1c[nH]c2ccc(CC3COC(=O)N3)cc12)P(=O)(O)O. The molecule has 0 radical (unpaired) electrons. The highest BCUT2D eigenvalue weighted by Gasteiger charge is 2.23. The number of likely N-dealkylation sites (N-methyl/N-ethyl adjacent to an activating group) is 1. The van der Waals surface area contributed by atoms with Crippen molar-refractivity contribution in [3.63, 3.8) is 0 Å². The van der Waals surface area contributed by atoms with Gasteiger partial charge in [-0.2, -0.15) is 0 Å². The van der Waals surface area contributed by atoms with Crippen LogP contribution in [0.15, 0.2) is 24.4 Å². The lowest BCUT2D eigenvalue weighted by Gasteiger charge is -2.17. The number of hydrogen-bond acceptors (Lipinski definition) is 3. The zero-order valence-electron chi connectivity index (χ0n) is 13.2. The number of alkyl carbamates (subject to hydrolysis) is 1. The summed E-state index contributed by atoms with van der Waals surface area (Å²) < 4.78 is 17.1. The molecule has 2 aromatic rings. The third-order valence-electron chi connectivity index (χ3n) is 4.20. The van der Waals surface area contributed by atoms with Crippen LogP contribution in [-0.2, 0) is 22.1 Å². The normalized spacial score (nSPS) is 18.2. The molecule has 2 heterocycles. The van der Waals surface area contributed by atoms with E-state index in [-0.39, 0.29) is 18.7 Å². The molecule has 4 N–H and O–H groups in total. The quantitative estimate of drug-likeness (QED) is 0.584. The molecule has 1 atom stereocenters. The molecule has 1 aromatic heterocycles. The van der Waals surface area contributed by atoms with E-state index in [1.165, 1.54) is 7.05 Å². The van der Waals surface area contributed by atoms with E-state index in [0.717, 1.165) is 26.7 Å². The Balaban J connectivity index is 1.73. The topological polar surface area (TPSA) is 115 Å². The first-order chi connectivity index (χ1) is 11.3. The lowest BCUT2D eigenvalue weighted by molar-refractivity contribution is 0.177. The number of H-pyrrole nitrogens is 1. The molecule has 0 spiro atoms. The molecular formula is C15H20N3O5P. The molecule has 1 aliphatic heterocycles. The average molecular weight is 353 g/mol. The molecule has 1 aliphatic rings. The number of nitrogens with zero attached hydrogens (tertiary/aromatic N) is 1. The summed E-state index contributed by atoms with van der Waals surface area (Å²) >= 11 is 0. The molecule has 24 heavy (non-hydrogen) atoms. The Morgan fingerprint density at radius 1 is 1.42 bits per heavy atom. The zero-order valence-corrected chi connectivity index (χ0v) is 14.1. The fraction of sp³-hybridized carbons (Fsp3) is 0.400. The summed E-state index contributed by atoms with van der Waals surface area (Å²) in [4.78, 5) is 32.5. The second-order valence-electron chi connectivity index (χ2n) is 5.98. The Kier molecular flexibility index (Phi) is 4.64. The fourth-order valence-corrected chi connectivity index (χ4v) is 3.15. The number of amides is 1. The number of benzene rings is 1. The van der Waals surface area contributed by atoms with Crippen LogP contribution in [0, 0.1) is 0 Å². The number of carbonyl (C=O) groups excluding carboxylic acids is 1. The van der Waals surface area contributed by atoms with Crippen molar-refractivity contribution in [1.29, 1.82) is 0 Å². The first-order valence-electron chi connectivity index (χ1n) is 7.62. The van der Waals surface area contributed by atoms with Crippen LogP contribution in [0.5, 0.6) is 0 Å². The van der Waals surface area contributed by atoms with Gasteiger partial charge in [0.05, 0.1) is 6.04 Å². The van der Waals surface area contributed by atoms with Crippen molar-refractivity contribution in [3.8, 4) is 0 Å². The van der Waals surface area contributed by atoms with Crippen LogP contribution in [0.25, 0.3) is 10.9 Å². The van der Waals surface area contributed by atoms with Crippen LogP contribution in [0.4, 0.5) is 4.79 Å². The summed E-state index contributed by atoms with van der Waals surface area (Å²) in [6.07, 6.45) is 2.68. The molecule has 130 valence electrons. The molecule has 1 aromatic carbocycles. The molecule has 1 saturated heterocycles. The first kappa shape index (κ1) is 17.0. The van der Waals surface area contributed by atoms with Gasteiger partial charge in [-0.1, -0.05) is 6.07 Å². The standard InChI is InChI=1S/C15H20N3O5P/c1-18(24(20,21)22)5-4-11-8-16-14-3-2-10(7-13(11)14)6-12-9-23-15(19)17-12/h2-3,7-8,12,16H,4-6,9H2,1H3,(H,17,19)(H2,20,21,22). The van der Waals surface area contributed by atoms with E-state index in [0.29, 0.717) is 19.4 Å². The van der Waals surface area contributed by atoms with Gasteiger partial charge in [-0.15, -0.1) is 0 Å². The third kappa shape index (κ3) is 3.79. The second-order valence-corrected chi connectivity index (χ2v) is 7.69. The summed E-state index contributed by atoms with van der Waals surface area (Å²) in [6.45, 7) is 0.623. The molecule has 9 heteroatoms. The summed E-state index contributed by atoms with van der Waals surface area (Å²) in [5.41, 5.74) is 3.04. The van der Waals surface area contributed by atoms with E-state index >= 15 is 0 Å². The summed E-state index contributed by atoms with van der Waals surface area (Å²) in [6, 6.07) is 5.98. The monoisotopic (exact) mass is 353 g/mol. The average Bonchev–Trinajstić information content (AvgIpc) is 3.10. The lowest BCUT2D eigenvalue weighted by atomic mass is 10.0. The van der Waals surface area contributed by atoms with Crippen LogP contribution in [0.1, 0.15) is 11.1 Å². The highest BCUT2D eigenvalue weighted by Crippen LogP contribution is 2.38. The van der Waals surface area contributed by atoms with Crippen LogP contribution in [0.3, 0.4) is 0 Å². The van der Waals surface area contributed by atoms with Gasteiger partial charge in [-0.25, -0.2) is 14.0 Å². The minimum absolute atomic E-state index is 0.0295. The van der Waals surface area contributed by atoms with Gasteiger partial charge in [0.1, 0.15) is 6.61 Å². The number of aromatic nitrogens is 1. The maximum atomic E-state index is 11.2. The van der Waals surface area contributed by atoms with Gasteiger partial charge in [0.15, 0.2) is 0 Å². The van der Waals surface area contributed by atoms with Gasteiger partial charge in [0.2, 0.25) is 0 Å². The van der Waals surface area contributed by atoms with E-state index < -0.39 is 7.75 Å². The molecule has 0 aliphatic carbocycles. The Hall–Kier alpha value is -1.86. The van der Waals surface area contributed by atoms with Crippen LogP contribution < -0.4 is 5.32 Å². The van der Waals surface area contributed by atoms with Crippen molar-refractivity contribution in [2.45, 2.75) is 18.9 Å². The summed E-state index contributed by atoms with van der Waals surface area (Å²) in [5.74, 6) is 0. The minimum atomic E-state index is -4.20. The number of aromatic amines is 1. The molecule has 8 nitrogen and oxygen atoms in total. The molecule has 1 fully saturated rings. The third-order valence-corrected chi connectivity index (χ3v) is 5.29. The largest absolute Gasteiger partial charge is 0.447 e. The molecule has 1 amide bonds. The number of nitrogens with one attached hydrogen (secondary N) is 2. The van der Waals surface area contributed by atoms with E-state index in [1.54, 1.807) is 0 Å². The number of cyclic esters (lactones) is 1. The molecule has 3 rings (SSSR count). The number of fused-ring (bicyclic) bond motifs is 1. The van der Waals surface area contributed by atoms with E-state index in [4.69, 9.17) is 14.5 Å². The summed E-state index contributed by atoms with van der Waals surface area (Å²) in [5, 5.41) is 3.78. The Morgan fingerprint density at radius 3 is 2.88 bits per heavy atom. The molecule has 0 saturated carbocycles. The van der Waals surface area contributed by atoms with E-state index in [9.17, 15) is 9.36 Å². The van der Waals surface area contributed by atoms with Crippen molar-refractivity contribution in [2.24, 2.45) is 0 Å². The van der Waals surface area contributed by atoms with Crippen molar-refractivity contribution in [1.82, 2.24) is 15.0 Å². The van der Waals surface area contributed by atoms with Gasteiger partial charge >= 0.3 is 13.8 Å². The number of carbonyl (C=O) groups is 1. The van der Waals surface area contributed by atoms with Gasteiger partial charge < -0.3 is 24.8 Å². The van der Waals surface area contributed by atoms with Crippen LogP contribution in [0.2, 0.25) is 0 Å². The van der Waals surface area contributed by atoms with Gasteiger partial charge in [0, 0.05) is 23.6 Å². The van der Waals surface area contributed by atoms with Gasteiger partial charge in [-0.3, -0.25) is 0 Å². The minimum Gasteiger partial charge on any atom is -0.447 e. The lowest BCUT2D eigenvalue weighted by Crippen LogP contribution is -2.28. The van der Waals surface area contributed by atoms with Crippen molar-refractivity contribution in [2.75, 3.05) is 20.2 Å². The predicted molar refractivity (Wildman–Crippen MR) is 88.7 cm³/mol. The highest BCUT2D eigenvalue weighted by molar-refractivity contribution is 7.49. The Morgan fingerprint density at radius 2 is 2.21 bits per heavy atom. The maximum absolute atomic E-state index is 11.2. The second kappa shape index (κ2) is 6.57. The molecule has 1 unspecified atom stereocenters. The summed E-state index contributed by atoms with van der Waals surface area (Å²) in [7, 11) is -2.80.